The Morgan fingerprint density at radius 1 is 0.569 bits per heavy atom. The van der Waals surface area contributed by atoms with E-state index in [1.807, 2.05) is 6.07 Å². The van der Waals surface area contributed by atoms with E-state index in [0.29, 0.717) is 11.8 Å². The molecule has 0 aromatic heterocycles. The number of hydrogen-bond donors (Lipinski definition) is 0. The molecule has 8 aromatic rings. The van der Waals surface area contributed by atoms with Gasteiger partial charge in [0.1, 0.15) is 0 Å². The van der Waals surface area contributed by atoms with Crippen LogP contribution < -0.4 is 10.4 Å². The molecule has 0 aliphatic carbocycles. The maximum absolute atomic E-state index is 4.93. The van der Waals surface area contributed by atoms with Crippen LogP contribution in [-0.4, -0.2) is 9.52 Å². The van der Waals surface area contributed by atoms with Gasteiger partial charge in [0.25, 0.3) is 0 Å². The Morgan fingerprint density at radius 3 is 1.45 bits per heavy atom. The first-order valence-electron chi connectivity index (χ1n) is 20.5. The molecule has 0 amide bonds. The molecule has 8 aromatic carbocycles. The Hall–Kier alpha value is -3.78. The molecule has 0 spiro atoms. The van der Waals surface area contributed by atoms with Gasteiger partial charge in [0.2, 0.25) is 0 Å². The Labute approximate surface area is 368 Å². The molecule has 1 aliphatic heterocycles. The summed E-state index contributed by atoms with van der Waals surface area (Å²) in [6.45, 7) is 18.0. The summed E-state index contributed by atoms with van der Waals surface area (Å²) in [6.07, 6.45) is 2.19. The second kappa shape index (κ2) is 20.5. The Balaban J connectivity index is 0.000000145. The van der Waals surface area contributed by atoms with E-state index in [-0.39, 0.29) is 0 Å². The number of rotatable bonds is 6. The first-order chi connectivity index (χ1) is 28.1. The van der Waals surface area contributed by atoms with Crippen molar-refractivity contribution in [3.8, 4) is 33.4 Å². The molecule has 0 nitrogen and oxygen atoms in total. The van der Waals surface area contributed by atoms with Crippen molar-refractivity contribution in [3.63, 3.8) is 0 Å². The first-order valence-corrected chi connectivity index (χ1v) is 27.8. The zero-order chi connectivity index (χ0) is 41.3. The van der Waals surface area contributed by atoms with Gasteiger partial charge in [-0.05, 0) is 60.8 Å². The van der Waals surface area contributed by atoms with Gasteiger partial charge in [0.15, 0.2) is 0 Å². The standard InChI is InChI=1S/2C21H23.C12H7Si.2ClH.Zr/c2*1-5-16-12-17-10-11-18(14(2)3)21(20(17)13-16)19-9-7-6-8-15(19)4;1-3-7-11-9(5-1)10-6-2-4-8-12(10)13-11;;;/h2*6-14H,5H2,1-4H3;1-7H;2*1H;/q3*-1;;;+2/p-2. The minimum Gasteiger partial charge on any atom is -0.184 e. The minimum absolute atomic E-state index is 0.531. The van der Waals surface area contributed by atoms with Crippen molar-refractivity contribution in [3.05, 3.63) is 179 Å². The van der Waals surface area contributed by atoms with Gasteiger partial charge in [-0.15, -0.1) is 74.6 Å². The number of hydrogen-bond acceptors (Lipinski definition) is 0. The van der Waals surface area contributed by atoms with E-state index in [1.54, 1.807) is 0 Å². The molecule has 0 unspecified atom stereocenters. The van der Waals surface area contributed by atoms with Crippen LogP contribution in [0.1, 0.15) is 86.8 Å². The average Bonchev–Trinajstić information content (AvgIpc) is 3.96. The van der Waals surface area contributed by atoms with Crippen LogP contribution in [0.2, 0.25) is 0 Å². The quantitative estimate of drug-likeness (QED) is 0.115. The molecule has 0 bridgehead atoms. The number of aryl methyl sites for hydroxylation is 4. The Bertz CT molecular complexity index is 2430. The maximum Gasteiger partial charge on any atom is 0.0920 e. The van der Waals surface area contributed by atoms with Gasteiger partial charge in [0, 0.05) is 0 Å². The third-order valence-corrected chi connectivity index (χ3v) is 12.6. The number of benzene rings is 6. The van der Waals surface area contributed by atoms with Gasteiger partial charge in [-0.25, -0.2) is 0 Å². The summed E-state index contributed by atoms with van der Waals surface area (Å²) < 4.78 is 0. The van der Waals surface area contributed by atoms with E-state index in [2.05, 4.69) is 195 Å². The topological polar surface area (TPSA) is 0 Å². The van der Waals surface area contributed by atoms with Crippen LogP contribution in [-0.2, 0) is 33.7 Å². The Kier molecular flexibility index (Phi) is 15.4. The summed E-state index contributed by atoms with van der Waals surface area (Å²) in [4.78, 5) is 0. The summed E-state index contributed by atoms with van der Waals surface area (Å²) in [6, 6.07) is 54.3. The van der Waals surface area contributed by atoms with Crippen molar-refractivity contribution in [2.75, 3.05) is 0 Å². The van der Waals surface area contributed by atoms with Crippen LogP contribution in [0.5, 0.6) is 0 Å². The number of halogens is 2. The van der Waals surface area contributed by atoms with Crippen LogP contribution >= 0.6 is 17.0 Å². The fourth-order valence-corrected chi connectivity index (χ4v) is 9.44. The largest absolute Gasteiger partial charge is 0.184 e. The van der Waals surface area contributed by atoms with Crippen LogP contribution in [0, 0.1) is 19.9 Å². The molecule has 4 heteroatoms. The minimum atomic E-state index is -0.826. The van der Waals surface area contributed by atoms with Gasteiger partial charge < -0.3 is 0 Å². The fourth-order valence-electron chi connectivity index (χ4n) is 8.13. The summed E-state index contributed by atoms with van der Waals surface area (Å²) >= 11 is -0.826. The number of fused-ring (bicyclic) bond motifs is 5. The van der Waals surface area contributed by atoms with E-state index < -0.39 is 20.8 Å². The van der Waals surface area contributed by atoms with Gasteiger partial charge >= 0.3 is 37.9 Å². The van der Waals surface area contributed by atoms with E-state index in [9.17, 15) is 0 Å². The SMILES string of the molecule is CCc1cc2c(-c3ccccc3C)c(C(C)C)ccc2[cH-]1.CCc1cc2c(-c3ccccc3C)c(C(C)C)ccc2[cH-]1.[Cl][Zr][Cl].[c-]1cccc2c1[Si]c1ccccc1-2. The molecule has 2 radical (unpaired) electrons. The zero-order valence-electron chi connectivity index (χ0n) is 35.1. The van der Waals surface area contributed by atoms with E-state index >= 15 is 0 Å². The zero-order valence-corrected chi connectivity index (χ0v) is 40.1. The molecule has 0 saturated carbocycles. The summed E-state index contributed by atoms with van der Waals surface area (Å²) in [5.74, 6) is 1.06. The van der Waals surface area contributed by atoms with Crippen molar-refractivity contribution in [2.45, 2.75) is 80.1 Å². The van der Waals surface area contributed by atoms with Crippen LogP contribution in [0.4, 0.5) is 0 Å². The van der Waals surface area contributed by atoms with Crippen LogP contribution in [0.15, 0.2) is 140 Å². The molecule has 1 heterocycles. The van der Waals surface area contributed by atoms with Gasteiger partial charge in [-0.2, -0.15) is 41.6 Å². The van der Waals surface area contributed by atoms with Crippen molar-refractivity contribution in [1.82, 2.24) is 0 Å². The molecule has 294 valence electrons. The molecule has 0 N–H and O–H groups in total. The second-order valence-electron chi connectivity index (χ2n) is 15.6. The predicted octanol–water partition coefficient (Wildman–Crippen LogP) is 14.9. The third-order valence-electron chi connectivity index (χ3n) is 11.2. The molecular weight excluding hydrogens is 839 g/mol. The van der Waals surface area contributed by atoms with E-state index in [4.69, 9.17) is 17.0 Å². The van der Waals surface area contributed by atoms with E-state index in [1.165, 1.54) is 98.7 Å². The van der Waals surface area contributed by atoms with Gasteiger partial charge in [-0.1, -0.05) is 147 Å². The summed E-state index contributed by atoms with van der Waals surface area (Å²) in [5.41, 5.74) is 16.8. The van der Waals surface area contributed by atoms with Crippen molar-refractivity contribution in [1.29, 1.82) is 0 Å². The van der Waals surface area contributed by atoms with Crippen LogP contribution in [0.25, 0.3) is 54.9 Å². The third kappa shape index (κ3) is 9.80. The average molecular weight is 892 g/mol. The van der Waals surface area contributed by atoms with Crippen molar-refractivity contribution < 1.29 is 20.8 Å². The molecular formula is C54H53Cl2SiZr-3. The molecule has 58 heavy (non-hydrogen) atoms. The molecule has 9 rings (SSSR count). The summed E-state index contributed by atoms with van der Waals surface area (Å²) in [7, 11) is 10.7. The van der Waals surface area contributed by atoms with Gasteiger partial charge in [0.05, 0.1) is 9.52 Å². The Morgan fingerprint density at radius 2 is 1.00 bits per heavy atom. The fraction of sp³-hybridized carbons (Fsp3) is 0.222. The monoisotopic (exact) mass is 889 g/mol. The maximum atomic E-state index is 4.93. The first kappa shape index (κ1) is 43.8. The van der Waals surface area contributed by atoms with E-state index in [0.717, 1.165) is 22.4 Å². The molecule has 1 aliphatic rings. The van der Waals surface area contributed by atoms with Crippen molar-refractivity contribution in [2.24, 2.45) is 0 Å². The predicted molar refractivity (Wildman–Crippen MR) is 254 cm³/mol. The van der Waals surface area contributed by atoms with Crippen LogP contribution in [0.3, 0.4) is 0 Å². The normalized spacial score (nSPS) is 11.3. The molecule has 0 fully saturated rings. The smallest absolute Gasteiger partial charge is 0.0920 e. The van der Waals surface area contributed by atoms with Crippen molar-refractivity contribution >= 4 is 58.5 Å². The summed E-state index contributed by atoms with van der Waals surface area (Å²) in [5, 5.41) is 8.38. The molecule has 0 saturated heterocycles. The second-order valence-corrected chi connectivity index (χ2v) is 20.7. The van der Waals surface area contributed by atoms with Gasteiger partial charge in [-0.3, -0.25) is 0 Å². The molecule has 0 atom stereocenters.